The molecule has 1 amide bonds. The van der Waals surface area contributed by atoms with Crippen molar-refractivity contribution >= 4 is 6.09 Å². The molecule has 3 fully saturated rings. The number of carbonyl (C=O) groups excluding carboxylic acids is 1. The van der Waals surface area contributed by atoms with E-state index in [1.165, 1.54) is 50.5 Å². The van der Waals surface area contributed by atoms with Crippen molar-refractivity contribution in [2.24, 2.45) is 23.2 Å². The Morgan fingerprint density at radius 2 is 1.89 bits per heavy atom. The van der Waals surface area contributed by atoms with E-state index >= 15 is 0 Å². The van der Waals surface area contributed by atoms with E-state index in [1.54, 1.807) is 0 Å². The lowest BCUT2D eigenvalue weighted by Crippen LogP contribution is -2.61. The lowest BCUT2D eigenvalue weighted by atomic mass is 9.53. The standard InChI is InChI=1S/C23H37NO3/c1-16-13-17(2)22(14-26-21(25)24-19-9-5-4-6-10-19)15-27-23(11-7-8-12-23)20(16)18(22)3/h13,17-20H,4-12,14-15H2,1-3H3,(H,24,25)/t17-,18-,20-,22+/m0/s1. The summed E-state index contributed by atoms with van der Waals surface area (Å²) in [4.78, 5) is 12.4. The van der Waals surface area contributed by atoms with Gasteiger partial charge in [-0.05, 0) is 44.4 Å². The third-order valence-electron chi connectivity index (χ3n) is 8.36. The highest BCUT2D eigenvalue weighted by Gasteiger charge is 2.60. The fourth-order valence-corrected chi connectivity index (χ4v) is 6.69. The number of hydrogen-bond donors (Lipinski definition) is 1. The van der Waals surface area contributed by atoms with Crippen LogP contribution in [0.15, 0.2) is 11.6 Å². The van der Waals surface area contributed by atoms with Crippen molar-refractivity contribution in [3.05, 3.63) is 11.6 Å². The zero-order valence-electron chi connectivity index (χ0n) is 17.4. The molecule has 4 nitrogen and oxygen atoms in total. The second-order valence-electron chi connectivity index (χ2n) is 9.81. The molecular formula is C23H37NO3. The van der Waals surface area contributed by atoms with Crippen molar-refractivity contribution in [1.29, 1.82) is 0 Å². The molecule has 1 spiro atoms. The Hall–Kier alpha value is -1.03. The van der Waals surface area contributed by atoms with E-state index in [0.717, 1.165) is 12.8 Å². The Labute approximate surface area is 164 Å². The van der Waals surface area contributed by atoms with Crippen LogP contribution in [0.4, 0.5) is 4.79 Å². The Kier molecular flexibility index (Phi) is 5.30. The first-order valence-corrected chi connectivity index (χ1v) is 11.2. The molecule has 4 aliphatic rings. The second kappa shape index (κ2) is 7.42. The highest BCUT2D eigenvalue weighted by atomic mass is 16.6. The predicted octanol–water partition coefficient (Wildman–Crippen LogP) is 5.22. The first-order valence-electron chi connectivity index (χ1n) is 11.2. The number of allylic oxidation sites excluding steroid dienone is 1. The number of rotatable bonds is 3. The van der Waals surface area contributed by atoms with Gasteiger partial charge >= 0.3 is 6.09 Å². The van der Waals surface area contributed by atoms with E-state index < -0.39 is 0 Å². The van der Waals surface area contributed by atoms with Crippen LogP contribution in [0.2, 0.25) is 0 Å². The lowest BCUT2D eigenvalue weighted by Gasteiger charge is -2.59. The van der Waals surface area contributed by atoms with Gasteiger partial charge in [-0.25, -0.2) is 4.79 Å². The fourth-order valence-electron chi connectivity index (χ4n) is 6.69. The number of carbonyl (C=O) groups is 1. The number of ether oxygens (including phenoxy) is 2. The minimum absolute atomic E-state index is 0.0357. The molecule has 4 rings (SSSR count). The predicted molar refractivity (Wildman–Crippen MR) is 107 cm³/mol. The zero-order chi connectivity index (χ0) is 19.1. The molecule has 0 aromatic carbocycles. The highest BCUT2D eigenvalue weighted by molar-refractivity contribution is 5.67. The van der Waals surface area contributed by atoms with Gasteiger partial charge in [0, 0.05) is 17.4 Å². The van der Waals surface area contributed by atoms with Crippen molar-refractivity contribution in [3.63, 3.8) is 0 Å². The molecule has 0 radical (unpaired) electrons. The molecule has 4 atom stereocenters. The van der Waals surface area contributed by atoms with Gasteiger partial charge in [-0.3, -0.25) is 0 Å². The van der Waals surface area contributed by atoms with E-state index in [9.17, 15) is 4.79 Å². The molecule has 4 heteroatoms. The summed E-state index contributed by atoms with van der Waals surface area (Å²) in [5, 5.41) is 3.10. The third kappa shape index (κ3) is 3.32. The van der Waals surface area contributed by atoms with E-state index in [2.05, 4.69) is 32.2 Å². The topological polar surface area (TPSA) is 47.6 Å². The molecular weight excluding hydrogens is 338 g/mol. The van der Waals surface area contributed by atoms with Gasteiger partial charge in [0.25, 0.3) is 0 Å². The fraction of sp³-hybridized carbons (Fsp3) is 0.870. The maximum absolute atomic E-state index is 12.4. The Morgan fingerprint density at radius 3 is 2.59 bits per heavy atom. The van der Waals surface area contributed by atoms with Crippen LogP contribution in [0.25, 0.3) is 0 Å². The number of hydrogen-bond acceptors (Lipinski definition) is 3. The molecule has 1 heterocycles. The third-order valence-corrected chi connectivity index (χ3v) is 8.36. The monoisotopic (exact) mass is 375 g/mol. The van der Waals surface area contributed by atoms with Crippen molar-refractivity contribution in [1.82, 2.24) is 5.32 Å². The maximum Gasteiger partial charge on any atom is 0.407 e. The molecule has 2 saturated carbocycles. The van der Waals surface area contributed by atoms with Gasteiger partial charge in [-0.2, -0.15) is 0 Å². The van der Waals surface area contributed by atoms with Crippen LogP contribution >= 0.6 is 0 Å². The molecule has 1 saturated heterocycles. The van der Waals surface area contributed by atoms with E-state index in [1.807, 2.05) is 0 Å². The molecule has 2 bridgehead atoms. The lowest BCUT2D eigenvalue weighted by molar-refractivity contribution is -0.212. The summed E-state index contributed by atoms with van der Waals surface area (Å²) >= 11 is 0. The molecule has 0 aromatic rings. The van der Waals surface area contributed by atoms with Crippen LogP contribution in [-0.4, -0.2) is 30.9 Å². The SMILES string of the molecule is CC1=C[C@H](C)[C@@]2(COC(=O)NC3CCCCC3)COC3(CCCC3)[C@@H]1[C@@H]2C. The Bertz CT molecular complexity index is 588. The van der Waals surface area contributed by atoms with E-state index in [-0.39, 0.29) is 17.1 Å². The quantitative estimate of drug-likeness (QED) is 0.688. The summed E-state index contributed by atoms with van der Waals surface area (Å²) in [5.41, 5.74) is 1.43. The summed E-state index contributed by atoms with van der Waals surface area (Å²) in [5.74, 6) is 1.31. The average molecular weight is 376 g/mol. The first kappa shape index (κ1) is 19.3. The molecule has 3 aliphatic carbocycles. The van der Waals surface area contributed by atoms with E-state index in [0.29, 0.717) is 37.0 Å². The molecule has 152 valence electrons. The summed E-state index contributed by atoms with van der Waals surface area (Å²) in [7, 11) is 0. The van der Waals surface area contributed by atoms with Crippen LogP contribution in [-0.2, 0) is 9.47 Å². The van der Waals surface area contributed by atoms with Crippen LogP contribution in [0.3, 0.4) is 0 Å². The smallest absolute Gasteiger partial charge is 0.407 e. The van der Waals surface area contributed by atoms with Crippen LogP contribution in [0.1, 0.15) is 78.6 Å². The van der Waals surface area contributed by atoms with Crippen molar-refractivity contribution in [3.8, 4) is 0 Å². The van der Waals surface area contributed by atoms with Gasteiger partial charge in [0.15, 0.2) is 0 Å². The number of nitrogens with one attached hydrogen (secondary N) is 1. The van der Waals surface area contributed by atoms with Crippen LogP contribution < -0.4 is 5.32 Å². The molecule has 0 aromatic heterocycles. The molecule has 27 heavy (non-hydrogen) atoms. The minimum atomic E-state index is -0.236. The van der Waals surface area contributed by atoms with Crippen molar-refractivity contribution in [2.45, 2.75) is 90.2 Å². The molecule has 0 unspecified atom stereocenters. The number of alkyl carbamates (subject to hydrolysis) is 1. The number of amides is 1. The average Bonchev–Trinajstić information content (AvgIpc) is 3.10. The van der Waals surface area contributed by atoms with Gasteiger partial charge in [-0.15, -0.1) is 0 Å². The summed E-state index contributed by atoms with van der Waals surface area (Å²) < 4.78 is 12.5. The van der Waals surface area contributed by atoms with Gasteiger partial charge in [0.1, 0.15) is 6.61 Å². The van der Waals surface area contributed by atoms with Gasteiger partial charge in [-0.1, -0.05) is 57.6 Å². The summed E-state index contributed by atoms with van der Waals surface area (Å²) in [6.45, 7) is 8.11. The molecule has 1 aliphatic heterocycles. The minimum Gasteiger partial charge on any atom is -0.449 e. The Morgan fingerprint density at radius 1 is 1.19 bits per heavy atom. The largest absolute Gasteiger partial charge is 0.449 e. The maximum atomic E-state index is 12.4. The highest BCUT2D eigenvalue weighted by Crippen LogP contribution is 2.59. The van der Waals surface area contributed by atoms with Crippen LogP contribution in [0, 0.1) is 23.2 Å². The van der Waals surface area contributed by atoms with Gasteiger partial charge in [0.2, 0.25) is 0 Å². The van der Waals surface area contributed by atoms with Crippen molar-refractivity contribution in [2.75, 3.05) is 13.2 Å². The zero-order valence-corrected chi connectivity index (χ0v) is 17.4. The van der Waals surface area contributed by atoms with Gasteiger partial charge < -0.3 is 14.8 Å². The first-order chi connectivity index (χ1) is 13.0. The summed E-state index contributed by atoms with van der Waals surface area (Å²) in [6, 6.07) is 0.296. The second-order valence-corrected chi connectivity index (χ2v) is 9.81. The normalized spacial score (nSPS) is 38.5. The van der Waals surface area contributed by atoms with Crippen molar-refractivity contribution < 1.29 is 14.3 Å². The summed E-state index contributed by atoms with van der Waals surface area (Å²) in [6.07, 6.45) is 13.0. The Balaban J connectivity index is 1.45. The van der Waals surface area contributed by atoms with E-state index in [4.69, 9.17) is 9.47 Å². The van der Waals surface area contributed by atoms with Gasteiger partial charge in [0.05, 0.1) is 12.2 Å². The molecule has 1 N–H and O–H groups in total. The van der Waals surface area contributed by atoms with Crippen LogP contribution in [0.5, 0.6) is 0 Å². The number of fused-ring (bicyclic) bond motifs is 3.